The second-order valence-electron chi connectivity index (χ2n) is 4.00. The summed E-state index contributed by atoms with van der Waals surface area (Å²) >= 11 is 0. The number of aromatic nitrogens is 2. The van der Waals surface area contributed by atoms with Gasteiger partial charge < -0.3 is 10.7 Å². The van der Waals surface area contributed by atoms with Gasteiger partial charge in [-0.3, -0.25) is 0 Å². The van der Waals surface area contributed by atoms with Gasteiger partial charge in [-0.2, -0.15) is 0 Å². The first kappa shape index (κ1) is 10.3. The van der Waals surface area contributed by atoms with Crippen LogP contribution in [0, 0.1) is 0 Å². The molecule has 0 fully saturated rings. The summed E-state index contributed by atoms with van der Waals surface area (Å²) in [6.07, 6.45) is 0. The molecule has 3 N–H and O–H groups in total. The third-order valence-corrected chi connectivity index (χ3v) is 2.13. The monoisotopic (exact) mass is 181 g/mol. The molecule has 0 unspecified atom stereocenters. The van der Waals surface area contributed by atoms with Gasteiger partial charge in [0.05, 0.1) is 11.4 Å². The Balaban J connectivity index is 3.04. The van der Waals surface area contributed by atoms with Gasteiger partial charge in [-0.05, 0) is 5.92 Å². The van der Waals surface area contributed by atoms with E-state index in [-0.39, 0.29) is 0 Å². The second-order valence-corrected chi connectivity index (χ2v) is 4.00. The number of nitrogens with zero attached hydrogens (tertiary/aromatic N) is 1. The van der Waals surface area contributed by atoms with Crippen LogP contribution in [0.1, 0.15) is 56.7 Å². The first-order chi connectivity index (χ1) is 6.06. The van der Waals surface area contributed by atoms with Crippen LogP contribution >= 0.6 is 0 Å². The minimum absolute atomic E-state index is 0.442. The summed E-state index contributed by atoms with van der Waals surface area (Å²) in [5, 5.41) is 0. The van der Waals surface area contributed by atoms with Crippen molar-refractivity contribution >= 4 is 0 Å². The Hall–Kier alpha value is -0.830. The van der Waals surface area contributed by atoms with E-state index in [0.717, 1.165) is 17.2 Å². The Morgan fingerprint density at radius 1 is 1.23 bits per heavy atom. The SMILES string of the molecule is CC(C)c1nc(C(C)C)c(CN)[nH]1. The lowest BCUT2D eigenvalue weighted by molar-refractivity contribution is 0.771. The molecule has 1 aromatic rings. The maximum atomic E-state index is 5.63. The maximum Gasteiger partial charge on any atom is 0.109 e. The van der Waals surface area contributed by atoms with Gasteiger partial charge in [-0.1, -0.05) is 27.7 Å². The van der Waals surface area contributed by atoms with Crippen LogP contribution in [0.3, 0.4) is 0 Å². The van der Waals surface area contributed by atoms with E-state index in [2.05, 4.69) is 37.7 Å². The molecule has 0 saturated heterocycles. The standard InChI is InChI=1S/C10H19N3/c1-6(2)9-8(5-11)12-10(13-9)7(3)4/h6-7H,5,11H2,1-4H3,(H,12,13). The molecule has 3 heteroatoms. The highest BCUT2D eigenvalue weighted by Gasteiger charge is 2.13. The molecular weight excluding hydrogens is 162 g/mol. The van der Waals surface area contributed by atoms with Crippen molar-refractivity contribution in [2.24, 2.45) is 5.73 Å². The van der Waals surface area contributed by atoms with Gasteiger partial charge in [0.15, 0.2) is 0 Å². The molecule has 0 amide bonds. The Labute approximate surface area is 79.8 Å². The van der Waals surface area contributed by atoms with Crippen molar-refractivity contribution in [2.75, 3.05) is 0 Å². The molecule has 3 nitrogen and oxygen atoms in total. The fraction of sp³-hybridized carbons (Fsp3) is 0.700. The highest BCUT2D eigenvalue weighted by molar-refractivity contribution is 5.19. The van der Waals surface area contributed by atoms with Crippen LogP contribution < -0.4 is 5.73 Å². The average molecular weight is 181 g/mol. The van der Waals surface area contributed by atoms with Gasteiger partial charge in [0.2, 0.25) is 0 Å². The summed E-state index contributed by atoms with van der Waals surface area (Å²) < 4.78 is 0. The minimum atomic E-state index is 0.442. The smallest absolute Gasteiger partial charge is 0.109 e. The van der Waals surface area contributed by atoms with Crippen LogP contribution in [0.5, 0.6) is 0 Å². The van der Waals surface area contributed by atoms with Crippen molar-refractivity contribution in [3.63, 3.8) is 0 Å². The van der Waals surface area contributed by atoms with Crippen LogP contribution in [0.15, 0.2) is 0 Å². The van der Waals surface area contributed by atoms with Crippen LogP contribution in [0.4, 0.5) is 0 Å². The first-order valence-electron chi connectivity index (χ1n) is 4.85. The van der Waals surface area contributed by atoms with Crippen molar-refractivity contribution in [2.45, 2.75) is 46.1 Å². The Kier molecular flexibility index (Phi) is 3.09. The van der Waals surface area contributed by atoms with Crippen molar-refractivity contribution in [3.8, 4) is 0 Å². The lowest BCUT2D eigenvalue weighted by Gasteiger charge is -2.01. The van der Waals surface area contributed by atoms with Gasteiger partial charge in [0, 0.05) is 12.5 Å². The zero-order valence-electron chi connectivity index (χ0n) is 8.89. The molecule has 1 heterocycles. The molecular formula is C10H19N3. The molecule has 0 aromatic carbocycles. The summed E-state index contributed by atoms with van der Waals surface area (Å²) in [6, 6.07) is 0. The van der Waals surface area contributed by atoms with Crippen LogP contribution in [0.2, 0.25) is 0 Å². The number of aromatic amines is 1. The van der Waals surface area contributed by atoms with Crippen LogP contribution in [0.25, 0.3) is 0 Å². The molecule has 74 valence electrons. The lowest BCUT2D eigenvalue weighted by Crippen LogP contribution is -2.02. The molecule has 0 aliphatic heterocycles. The Bertz CT molecular complexity index is 274. The summed E-state index contributed by atoms with van der Waals surface area (Å²) in [5.74, 6) is 1.93. The maximum absolute atomic E-state index is 5.63. The number of rotatable bonds is 3. The molecule has 0 bridgehead atoms. The van der Waals surface area contributed by atoms with E-state index in [0.29, 0.717) is 18.4 Å². The molecule has 0 atom stereocenters. The summed E-state index contributed by atoms with van der Waals surface area (Å²) in [5.41, 5.74) is 7.83. The van der Waals surface area contributed by atoms with E-state index in [9.17, 15) is 0 Å². The number of hydrogen-bond acceptors (Lipinski definition) is 2. The van der Waals surface area contributed by atoms with Crippen molar-refractivity contribution in [3.05, 3.63) is 17.2 Å². The number of nitrogens with one attached hydrogen (secondary N) is 1. The van der Waals surface area contributed by atoms with Crippen molar-refractivity contribution in [1.82, 2.24) is 9.97 Å². The molecule has 1 rings (SSSR count). The molecule has 0 saturated carbocycles. The zero-order chi connectivity index (χ0) is 10.0. The second kappa shape index (κ2) is 3.92. The first-order valence-corrected chi connectivity index (χ1v) is 4.85. The minimum Gasteiger partial charge on any atom is -0.344 e. The van der Waals surface area contributed by atoms with Gasteiger partial charge in [0.25, 0.3) is 0 Å². The lowest BCUT2D eigenvalue weighted by atomic mass is 10.1. The number of H-pyrrole nitrogens is 1. The number of nitrogens with two attached hydrogens (primary N) is 1. The van der Waals surface area contributed by atoms with Crippen LogP contribution in [-0.4, -0.2) is 9.97 Å². The van der Waals surface area contributed by atoms with E-state index in [4.69, 9.17) is 5.73 Å². The highest BCUT2D eigenvalue weighted by Crippen LogP contribution is 2.20. The van der Waals surface area contributed by atoms with E-state index in [1.165, 1.54) is 0 Å². The summed E-state index contributed by atoms with van der Waals surface area (Å²) in [4.78, 5) is 7.82. The third kappa shape index (κ3) is 2.10. The fourth-order valence-corrected chi connectivity index (χ4v) is 1.35. The van der Waals surface area contributed by atoms with Crippen LogP contribution in [-0.2, 0) is 6.54 Å². The molecule has 1 aromatic heterocycles. The molecule has 0 spiro atoms. The average Bonchev–Trinajstić information content (AvgIpc) is 2.47. The third-order valence-electron chi connectivity index (χ3n) is 2.13. The predicted molar refractivity (Wildman–Crippen MR) is 54.7 cm³/mol. The molecule has 0 aliphatic carbocycles. The molecule has 0 aliphatic rings. The Morgan fingerprint density at radius 2 is 1.85 bits per heavy atom. The quantitative estimate of drug-likeness (QED) is 0.750. The zero-order valence-corrected chi connectivity index (χ0v) is 8.89. The molecule has 13 heavy (non-hydrogen) atoms. The van der Waals surface area contributed by atoms with E-state index >= 15 is 0 Å². The topological polar surface area (TPSA) is 54.7 Å². The van der Waals surface area contributed by atoms with Crippen molar-refractivity contribution < 1.29 is 0 Å². The molecule has 0 radical (unpaired) electrons. The number of hydrogen-bond donors (Lipinski definition) is 2. The van der Waals surface area contributed by atoms with E-state index in [1.807, 2.05) is 0 Å². The van der Waals surface area contributed by atoms with Gasteiger partial charge in [-0.15, -0.1) is 0 Å². The normalized spacial score (nSPS) is 11.6. The fourth-order valence-electron chi connectivity index (χ4n) is 1.35. The number of imidazole rings is 1. The van der Waals surface area contributed by atoms with Gasteiger partial charge in [0.1, 0.15) is 5.82 Å². The predicted octanol–water partition coefficient (Wildman–Crippen LogP) is 2.12. The highest BCUT2D eigenvalue weighted by atomic mass is 15.0. The van der Waals surface area contributed by atoms with Gasteiger partial charge >= 0.3 is 0 Å². The Morgan fingerprint density at radius 3 is 2.15 bits per heavy atom. The summed E-state index contributed by atoms with van der Waals surface area (Å²) in [7, 11) is 0. The summed E-state index contributed by atoms with van der Waals surface area (Å²) in [6.45, 7) is 9.08. The van der Waals surface area contributed by atoms with E-state index < -0.39 is 0 Å². The van der Waals surface area contributed by atoms with Gasteiger partial charge in [-0.25, -0.2) is 4.98 Å². The van der Waals surface area contributed by atoms with Crippen molar-refractivity contribution in [1.29, 1.82) is 0 Å². The van der Waals surface area contributed by atoms with E-state index in [1.54, 1.807) is 0 Å². The largest absolute Gasteiger partial charge is 0.344 e.